The first-order valence-corrected chi connectivity index (χ1v) is 3.80. The second-order valence-electron chi connectivity index (χ2n) is 2.69. The zero-order valence-corrected chi connectivity index (χ0v) is 7.55. The number of aromatic nitrogens is 1. The summed E-state index contributed by atoms with van der Waals surface area (Å²) in [4.78, 5) is 23.0. The third-order valence-electron chi connectivity index (χ3n) is 1.76. The number of hydrogen-bond acceptors (Lipinski definition) is 5. The smallest absolute Gasteiger partial charge is 0.387 e. The van der Waals surface area contributed by atoms with Crippen molar-refractivity contribution in [3.8, 4) is 0 Å². The van der Waals surface area contributed by atoms with Crippen LogP contribution in [0.25, 0.3) is 0 Å². The Balaban J connectivity index is 3.54. The zero-order chi connectivity index (χ0) is 12.5. The van der Waals surface area contributed by atoms with Crippen molar-refractivity contribution < 1.29 is 23.6 Å². The monoisotopic (exact) mass is 233 g/mol. The molecule has 1 rings (SSSR count). The molecule has 1 aromatic heterocycles. The van der Waals surface area contributed by atoms with Crippen LogP contribution in [-0.2, 0) is 0 Å². The Hall–Kier alpha value is -2.32. The summed E-state index contributed by atoms with van der Waals surface area (Å²) in [6.45, 7) is 0. The molecule has 0 aliphatic heterocycles. The van der Waals surface area contributed by atoms with Gasteiger partial charge in [-0.3, -0.25) is 0 Å². The third-order valence-corrected chi connectivity index (χ3v) is 1.76. The molecule has 7 nitrogen and oxygen atoms in total. The lowest BCUT2D eigenvalue weighted by molar-refractivity contribution is -0.388. The molecule has 0 aliphatic carbocycles. The fourth-order valence-electron chi connectivity index (χ4n) is 1.08. The number of carbonyl (C=O) groups is 1. The van der Waals surface area contributed by atoms with Gasteiger partial charge in [-0.1, -0.05) is 0 Å². The van der Waals surface area contributed by atoms with E-state index in [1.165, 1.54) is 0 Å². The molecule has 0 saturated heterocycles. The van der Waals surface area contributed by atoms with Crippen LogP contribution in [-0.4, -0.2) is 21.0 Å². The molecule has 0 amide bonds. The topological polar surface area (TPSA) is 119 Å². The molecule has 0 saturated carbocycles. The van der Waals surface area contributed by atoms with Crippen LogP contribution in [0.5, 0.6) is 0 Å². The van der Waals surface area contributed by atoms with E-state index < -0.39 is 40.0 Å². The van der Waals surface area contributed by atoms with Crippen molar-refractivity contribution in [1.82, 2.24) is 4.98 Å². The van der Waals surface area contributed by atoms with Gasteiger partial charge in [-0.25, -0.2) is 13.6 Å². The van der Waals surface area contributed by atoms with Gasteiger partial charge < -0.3 is 21.0 Å². The fraction of sp³-hybridized carbons (Fsp3) is 0.143. The Morgan fingerprint density at radius 2 is 2.19 bits per heavy atom. The molecule has 0 radical (unpaired) electrons. The molecule has 0 unspecified atom stereocenters. The quantitative estimate of drug-likeness (QED) is 0.598. The van der Waals surface area contributed by atoms with E-state index in [9.17, 15) is 23.7 Å². The van der Waals surface area contributed by atoms with E-state index in [0.717, 1.165) is 0 Å². The van der Waals surface area contributed by atoms with Gasteiger partial charge in [0.05, 0.1) is 5.56 Å². The highest BCUT2D eigenvalue weighted by atomic mass is 19.3. The molecule has 86 valence electrons. The highest BCUT2D eigenvalue weighted by Gasteiger charge is 2.29. The SMILES string of the molecule is Nc1c([N+](=O)[O-])ncc(C(=O)O)c1C(F)F. The number of nitrogens with zero attached hydrogens (tertiary/aromatic N) is 2. The average molecular weight is 233 g/mol. The number of rotatable bonds is 3. The summed E-state index contributed by atoms with van der Waals surface area (Å²) in [5.74, 6) is -2.66. The van der Waals surface area contributed by atoms with Gasteiger partial charge in [-0.05, 0) is 9.91 Å². The van der Waals surface area contributed by atoms with Gasteiger partial charge in [-0.2, -0.15) is 0 Å². The highest BCUT2D eigenvalue weighted by molar-refractivity contribution is 5.91. The van der Waals surface area contributed by atoms with Crippen molar-refractivity contribution in [3.05, 3.63) is 27.4 Å². The van der Waals surface area contributed by atoms with E-state index in [1.807, 2.05) is 0 Å². The third kappa shape index (κ3) is 1.87. The molecule has 1 aromatic rings. The minimum atomic E-state index is -3.23. The van der Waals surface area contributed by atoms with Crippen molar-refractivity contribution in [1.29, 1.82) is 0 Å². The summed E-state index contributed by atoms with van der Waals surface area (Å²) < 4.78 is 25.0. The Kier molecular flexibility index (Phi) is 2.97. The van der Waals surface area contributed by atoms with Crippen LogP contribution in [0.4, 0.5) is 20.3 Å². The number of nitrogens with two attached hydrogens (primary N) is 1. The maximum Gasteiger partial charge on any atom is 0.387 e. The van der Waals surface area contributed by atoms with E-state index in [4.69, 9.17) is 10.8 Å². The normalized spacial score (nSPS) is 10.4. The zero-order valence-electron chi connectivity index (χ0n) is 7.55. The van der Waals surface area contributed by atoms with Gasteiger partial charge in [0, 0.05) is 0 Å². The number of aromatic carboxylic acids is 1. The summed E-state index contributed by atoms with van der Waals surface area (Å²) in [7, 11) is 0. The number of pyridine rings is 1. The number of anilines is 1. The van der Waals surface area contributed by atoms with Gasteiger partial charge in [0.1, 0.15) is 11.3 Å². The number of hydrogen-bond donors (Lipinski definition) is 2. The van der Waals surface area contributed by atoms with Gasteiger partial charge in [0.15, 0.2) is 6.20 Å². The maximum atomic E-state index is 12.5. The predicted molar refractivity (Wildman–Crippen MR) is 47.2 cm³/mol. The molecule has 3 N–H and O–H groups in total. The second kappa shape index (κ2) is 4.04. The summed E-state index contributed by atoms with van der Waals surface area (Å²) in [5, 5.41) is 18.9. The van der Waals surface area contributed by atoms with Crippen LogP contribution in [0.15, 0.2) is 6.20 Å². The Morgan fingerprint density at radius 1 is 1.62 bits per heavy atom. The molecule has 1 heterocycles. The molecular weight excluding hydrogens is 228 g/mol. The highest BCUT2D eigenvalue weighted by Crippen LogP contribution is 2.33. The summed E-state index contributed by atoms with van der Waals surface area (Å²) >= 11 is 0. The molecule has 9 heteroatoms. The van der Waals surface area contributed by atoms with Crippen molar-refractivity contribution in [3.63, 3.8) is 0 Å². The van der Waals surface area contributed by atoms with Gasteiger partial charge >= 0.3 is 11.8 Å². The lowest BCUT2D eigenvalue weighted by atomic mass is 10.1. The van der Waals surface area contributed by atoms with Crippen molar-refractivity contribution >= 4 is 17.5 Å². The number of alkyl halides is 2. The first kappa shape index (κ1) is 11.8. The standard InChI is InChI=1S/C7H5F2N3O4/c8-5(9)3-2(7(13)14)1-11-6(4(3)10)12(15)16/h1,5H,10H2,(H,13,14). The number of nitro groups is 1. The van der Waals surface area contributed by atoms with Crippen molar-refractivity contribution in [2.75, 3.05) is 5.73 Å². The van der Waals surface area contributed by atoms with Crippen LogP contribution in [0.1, 0.15) is 22.3 Å². The Labute approximate surface area is 86.7 Å². The van der Waals surface area contributed by atoms with Gasteiger partial charge in [0.2, 0.25) is 0 Å². The fourth-order valence-corrected chi connectivity index (χ4v) is 1.08. The first-order valence-electron chi connectivity index (χ1n) is 3.80. The minimum Gasteiger partial charge on any atom is -0.478 e. The van der Waals surface area contributed by atoms with E-state index in [1.54, 1.807) is 0 Å². The summed E-state index contributed by atoms with van der Waals surface area (Å²) in [5.41, 5.74) is 2.21. The van der Waals surface area contributed by atoms with E-state index >= 15 is 0 Å². The minimum absolute atomic E-state index is 0.484. The molecule has 16 heavy (non-hydrogen) atoms. The van der Waals surface area contributed by atoms with Crippen LogP contribution in [0, 0.1) is 10.1 Å². The average Bonchev–Trinajstić information content (AvgIpc) is 2.15. The largest absolute Gasteiger partial charge is 0.478 e. The second-order valence-corrected chi connectivity index (χ2v) is 2.69. The lowest BCUT2D eigenvalue weighted by Gasteiger charge is -2.06. The number of carboxylic acid groups (broad SMARTS) is 1. The lowest BCUT2D eigenvalue weighted by Crippen LogP contribution is -2.10. The van der Waals surface area contributed by atoms with Crippen LogP contribution in [0.3, 0.4) is 0 Å². The van der Waals surface area contributed by atoms with E-state index in [2.05, 4.69) is 4.98 Å². The Bertz CT molecular complexity index is 463. The number of nitrogen functional groups attached to an aromatic ring is 1. The summed E-state index contributed by atoms with van der Waals surface area (Å²) in [6.07, 6.45) is -2.74. The van der Waals surface area contributed by atoms with E-state index in [0.29, 0.717) is 6.20 Å². The van der Waals surface area contributed by atoms with Crippen LogP contribution >= 0.6 is 0 Å². The predicted octanol–water partition coefficient (Wildman–Crippen LogP) is 1.21. The van der Waals surface area contributed by atoms with Crippen LogP contribution < -0.4 is 5.73 Å². The molecule has 0 aromatic carbocycles. The summed E-state index contributed by atoms with van der Waals surface area (Å²) in [6, 6.07) is 0. The molecule has 0 aliphatic rings. The van der Waals surface area contributed by atoms with Crippen LogP contribution in [0.2, 0.25) is 0 Å². The first-order chi connectivity index (χ1) is 7.36. The molecular formula is C7H5F2N3O4. The maximum absolute atomic E-state index is 12.5. The Morgan fingerprint density at radius 3 is 2.56 bits per heavy atom. The van der Waals surface area contributed by atoms with Gasteiger partial charge in [-0.15, -0.1) is 0 Å². The number of carboxylic acids is 1. The molecule has 0 atom stereocenters. The molecule has 0 bridgehead atoms. The van der Waals surface area contributed by atoms with E-state index in [-0.39, 0.29) is 0 Å². The van der Waals surface area contributed by atoms with Crippen molar-refractivity contribution in [2.45, 2.75) is 6.43 Å². The van der Waals surface area contributed by atoms with Crippen molar-refractivity contribution in [2.24, 2.45) is 0 Å². The van der Waals surface area contributed by atoms with Gasteiger partial charge in [0.25, 0.3) is 6.43 Å². The molecule has 0 spiro atoms. The number of halogens is 2. The molecule has 0 fully saturated rings.